The fourth-order valence-electron chi connectivity index (χ4n) is 1.74. The van der Waals surface area contributed by atoms with Crippen LogP contribution in [-0.4, -0.2) is 19.8 Å². The molecule has 1 aliphatic rings. The van der Waals surface area contributed by atoms with E-state index >= 15 is 0 Å². The first kappa shape index (κ1) is 13.0. The highest BCUT2D eigenvalue weighted by Gasteiger charge is 2.16. The van der Waals surface area contributed by atoms with Crippen LogP contribution in [0.4, 0.5) is 0 Å². The van der Waals surface area contributed by atoms with Gasteiger partial charge in [-0.3, -0.25) is 0 Å². The summed E-state index contributed by atoms with van der Waals surface area (Å²) >= 11 is 6.13. The third-order valence-corrected chi connectivity index (χ3v) is 2.94. The highest BCUT2D eigenvalue weighted by Crippen LogP contribution is 2.38. The number of rotatable bonds is 4. The van der Waals surface area contributed by atoms with Gasteiger partial charge >= 0.3 is 0 Å². The highest BCUT2D eigenvalue weighted by atomic mass is 35.5. The molecule has 0 aliphatic carbocycles. The van der Waals surface area contributed by atoms with Crippen molar-refractivity contribution in [2.75, 3.05) is 19.8 Å². The van der Waals surface area contributed by atoms with Gasteiger partial charge in [-0.1, -0.05) is 11.6 Å². The molecule has 2 rings (SSSR count). The Morgan fingerprint density at radius 3 is 3.00 bits per heavy atom. The van der Waals surface area contributed by atoms with Gasteiger partial charge in [0.2, 0.25) is 0 Å². The first-order valence-electron chi connectivity index (χ1n) is 5.89. The van der Waals surface area contributed by atoms with Crippen LogP contribution in [0.5, 0.6) is 11.5 Å². The van der Waals surface area contributed by atoms with Crippen LogP contribution < -0.4 is 14.8 Å². The number of nitrogens with one attached hydrogen (secondary N) is 1. The van der Waals surface area contributed by atoms with Gasteiger partial charge in [0.15, 0.2) is 11.5 Å². The third-order valence-electron chi connectivity index (χ3n) is 2.66. The zero-order chi connectivity index (χ0) is 13.0. The van der Waals surface area contributed by atoms with Gasteiger partial charge in [-0.05, 0) is 24.6 Å². The Labute approximate surface area is 111 Å². The summed E-state index contributed by atoms with van der Waals surface area (Å²) in [7, 11) is 0. The second-order valence-corrected chi connectivity index (χ2v) is 4.67. The molecule has 0 aromatic heterocycles. The first-order valence-corrected chi connectivity index (χ1v) is 6.27. The molecule has 1 unspecified atom stereocenters. The lowest BCUT2D eigenvalue weighted by Crippen LogP contribution is -2.20. The van der Waals surface area contributed by atoms with Gasteiger partial charge in [0, 0.05) is 13.1 Å². The van der Waals surface area contributed by atoms with Crippen molar-refractivity contribution < 1.29 is 9.47 Å². The minimum Gasteiger partial charge on any atom is -0.486 e. The molecule has 1 atom stereocenters. The summed E-state index contributed by atoms with van der Waals surface area (Å²) in [5, 5.41) is 12.5. The molecule has 0 spiro atoms. The van der Waals surface area contributed by atoms with Crippen molar-refractivity contribution in [1.29, 1.82) is 5.26 Å². The number of nitrogens with zero attached hydrogens (tertiary/aromatic N) is 1. The van der Waals surface area contributed by atoms with Gasteiger partial charge in [-0.25, -0.2) is 0 Å². The van der Waals surface area contributed by atoms with E-state index in [4.69, 9.17) is 26.3 Å². The van der Waals surface area contributed by atoms with Gasteiger partial charge in [0.25, 0.3) is 0 Å². The van der Waals surface area contributed by atoms with E-state index in [1.54, 1.807) is 0 Å². The number of ether oxygens (including phenoxy) is 2. The average Bonchev–Trinajstić information content (AvgIpc) is 2.38. The van der Waals surface area contributed by atoms with E-state index in [1.807, 2.05) is 19.1 Å². The summed E-state index contributed by atoms with van der Waals surface area (Å²) in [4.78, 5) is 0. The van der Waals surface area contributed by atoms with Gasteiger partial charge in [0.05, 0.1) is 17.0 Å². The monoisotopic (exact) mass is 266 g/mol. The molecule has 0 bridgehead atoms. The molecule has 0 radical (unpaired) electrons. The molecular weight excluding hydrogens is 252 g/mol. The van der Waals surface area contributed by atoms with Crippen LogP contribution in [0.2, 0.25) is 5.02 Å². The zero-order valence-corrected chi connectivity index (χ0v) is 11.0. The van der Waals surface area contributed by atoms with Crippen LogP contribution in [0, 0.1) is 17.2 Å². The van der Waals surface area contributed by atoms with Crippen molar-refractivity contribution >= 4 is 11.6 Å². The molecule has 0 saturated carbocycles. The van der Waals surface area contributed by atoms with E-state index in [1.165, 1.54) is 0 Å². The lowest BCUT2D eigenvalue weighted by atomic mass is 10.1. The van der Waals surface area contributed by atoms with Crippen molar-refractivity contribution in [1.82, 2.24) is 5.32 Å². The number of fused-ring (bicyclic) bond motifs is 1. The zero-order valence-electron chi connectivity index (χ0n) is 10.2. The molecule has 96 valence electrons. The fourth-order valence-corrected chi connectivity index (χ4v) is 2.03. The summed E-state index contributed by atoms with van der Waals surface area (Å²) in [6.07, 6.45) is 0. The summed E-state index contributed by atoms with van der Waals surface area (Å²) in [5.74, 6) is 1.31. The molecule has 1 N–H and O–H groups in total. The predicted molar refractivity (Wildman–Crippen MR) is 68.9 cm³/mol. The molecule has 1 aromatic carbocycles. The quantitative estimate of drug-likeness (QED) is 0.909. The second-order valence-electron chi connectivity index (χ2n) is 4.26. The summed E-state index contributed by atoms with van der Waals surface area (Å²) < 4.78 is 11.0. The van der Waals surface area contributed by atoms with Crippen molar-refractivity contribution in [3.63, 3.8) is 0 Å². The standard InChI is InChI=1S/C13H15ClN2O2/c1-9(6-15)7-16-8-10-4-11(14)13-12(5-10)17-2-3-18-13/h4-5,9,16H,2-3,7-8H2,1H3. The fraction of sp³-hybridized carbons (Fsp3) is 0.462. The van der Waals surface area contributed by atoms with Crippen molar-refractivity contribution in [3.05, 3.63) is 22.7 Å². The van der Waals surface area contributed by atoms with Crippen molar-refractivity contribution in [2.24, 2.45) is 5.92 Å². The molecular formula is C13H15ClN2O2. The normalized spacial score (nSPS) is 14.9. The van der Waals surface area contributed by atoms with E-state index in [2.05, 4.69) is 11.4 Å². The van der Waals surface area contributed by atoms with Crippen LogP contribution in [0.3, 0.4) is 0 Å². The maximum Gasteiger partial charge on any atom is 0.179 e. The van der Waals surface area contributed by atoms with Gasteiger partial charge in [-0.15, -0.1) is 0 Å². The number of hydrogen-bond donors (Lipinski definition) is 1. The maximum atomic E-state index is 8.69. The van der Waals surface area contributed by atoms with Crippen molar-refractivity contribution in [2.45, 2.75) is 13.5 Å². The topological polar surface area (TPSA) is 54.3 Å². The Bertz CT molecular complexity index is 471. The number of nitriles is 1. The Hall–Kier alpha value is -1.44. The lowest BCUT2D eigenvalue weighted by molar-refractivity contribution is 0.171. The summed E-state index contributed by atoms with van der Waals surface area (Å²) in [5.41, 5.74) is 1.02. The minimum atomic E-state index is -0.00215. The smallest absolute Gasteiger partial charge is 0.179 e. The Morgan fingerprint density at radius 1 is 1.44 bits per heavy atom. The SMILES string of the molecule is CC(C#N)CNCc1cc(Cl)c2c(c1)OCCO2. The van der Waals surface area contributed by atoms with E-state index in [-0.39, 0.29) is 5.92 Å². The van der Waals surface area contributed by atoms with Crippen LogP contribution >= 0.6 is 11.6 Å². The number of hydrogen-bond acceptors (Lipinski definition) is 4. The Balaban J connectivity index is 2.02. The van der Waals surface area contributed by atoms with E-state index in [0.29, 0.717) is 42.8 Å². The van der Waals surface area contributed by atoms with Gasteiger partial charge in [0.1, 0.15) is 13.2 Å². The largest absolute Gasteiger partial charge is 0.486 e. The maximum absolute atomic E-state index is 8.69. The Morgan fingerprint density at radius 2 is 2.22 bits per heavy atom. The number of halogens is 1. The molecule has 1 heterocycles. The highest BCUT2D eigenvalue weighted by molar-refractivity contribution is 6.32. The van der Waals surface area contributed by atoms with Crippen LogP contribution in [0.1, 0.15) is 12.5 Å². The van der Waals surface area contributed by atoms with Gasteiger partial charge in [-0.2, -0.15) is 5.26 Å². The number of benzene rings is 1. The van der Waals surface area contributed by atoms with Gasteiger partial charge < -0.3 is 14.8 Å². The molecule has 1 aromatic rings. The lowest BCUT2D eigenvalue weighted by Gasteiger charge is -2.20. The van der Waals surface area contributed by atoms with E-state index in [9.17, 15) is 0 Å². The molecule has 0 fully saturated rings. The van der Waals surface area contributed by atoms with Crippen molar-refractivity contribution in [3.8, 4) is 17.6 Å². The van der Waals surface area contributed by atoms with E-state index in [0.717, 1.165) is 5.56 Å². The predicted octanol–water partition coefficient (Wildman–Crippen LogP) is 2.36. The van der Waals surface area contributed by atoms with Crippen LogP contribution in [-0.2, 0) is 6.54 Å². The third kappa shape index (κ3) is 3.06. The van der Waals surface area contributed by atoms with Crippen LogP contribution in [0.25, 0.3) is 0 Å². The summed E-state index contributed by atoms with van der Waals surface area (Å²) in [6, 6.07) is 5.96. The molecule has 4 nitrogen and oxygen atoms in total. The summed E-state index contributed by atoms with van der Waals surface area (Å²) in [6.45, 7) is 4.27. The minimum absolute atomic E-state index is 0.00215. The average molecular weight is 267 g/mol. The Kier molecular flexibility index (Phi) is 4.29. The molecule has 1 aliphatic heterocycles. The molecule has 0 amide bonds. The van der Waals surface area contributed by atoms with Crippen LogP contribution in [0.15, 0.2) is 12.1 Å². The second kappa shape index (κ2) is 5.94. The first-order chi connectivity index (χ1) is 8.70. The van der Waals surface area contributed by atoms with E-state index < -0.39 is 0 Å². The molecule has 5 heteroatoms. The molecule has 18 heavy (non-hydrogen) atoms. The molecule has 0 saturated heterocycles.